The van der Waals surface area contributed by atoms with E-state index in [2.05, 4.69) is 28.5 Å². The van der Waals surface area contributed by atoms with Crippen LogP contribution in [0.15, 0.2) is 24.3 Å². The summed E-state index contributed by atoms with van der Waals surface area (Å²) in [5.41, 5.74) is 2.13. The minimum Gasteiger partial charge on any atom is -0.325 e. The highest BCUT2D eigenvalue weighted by molar-refractivity contribution is 5.92. The van der Waals surface area contributed by atoms with Crippen molar-refractivity contribution >= 4 is 11.6 Å². The van der Waals surface area contributed by atoms with Crippen LogP contribution in [-0.2, 0) is 11.2 Å². The molecule has 1 aliphatic rings. The summed E-state index contributed by atoms with van der Waals surface area (Å²) in [5.74, 6) is 0.0534. The van der Waals surface area contributed by atoms with Crippen LogP contribution in [0.25, 0.3) is 0 Å². The van der Waals surface area contributed by atoms with Crippen molar-refractivity contribution in [3.8, 4) is 0 Å². The molecule has 0 radical (unpaired) electrons. The molecule has 0 bridgehead atoms. The second-order valence-electron chi connectivity index (χ2n) is 4.83. The van der Waals surface area contributed by atoms with Crippen LogP contribution in [0, 0.1) is 0 Å². The van der Waals surface area contributed by atoms with E-state index in [9.17, 15) is 4.79 Å². The quantitative estimate of drug-likeness (QED) is 0.818. The van der Waals surface area contributed by atoms with Gasteiger partial charge in [0.05, 0.1) is 6.54 Å². The van der Waals surface area contributed by atoms with Crippen molar-refractivity contribution in [2.24, 2.45) is 0 Å². The lowest BCUT2D eigenvalue weighted by Gasteiger charge is -2.35. The summed E-state index contributed by atoms with van der Waals surface area (Å²) >= 11 is 0. The average molecular weight is 247 g/mol. The summed E-state index contributed by atoms with van der Waals surface area (Å²) in [5, 5.41) is 6.16. The molecule has 0 aliphatic carbocycles. The monoisotopic (exact) mass is 247 g/mol. The Balaban J connectivity index is 1.85. The van der Waals surface area contributed by atoms with E-state index >= 15 is 0 Å². The first-order valence-corrected chi connectivity index (χ1v) is 6.48. The molecule has 1 heterocycles. The number of nitrogens with one attached hydrogen (secondary N) is 2. The second kappa shape index (κ2) is 5.98. The van der Waals surface area contributed by atoms with Crippen molar-refractivity contribution in [3.63, 3.8) is 0 Å². The average Bonchev–Trinajstić information content (AvgIpc) is 2.26. The number of hydrogen-bond donors (Lipinski definition) is 2. The smallest absolute Gasteiger partial charge is 0.238 e. The van der Waals surface area contributed by atoms with Gasteiger partial charge >= 0.3 is 0 Å². The van der Waals surface area contributed by atoms with Crippen molar-refractivity contribution in [2.75, 3.05) is 32.0 Å². The van der Waals surface area contributed by atoms with E-state index in [1.807, 2.05) is 25.2 Å². The maximum Gasteiger partial charge on any atom is 0.238 e. The normalized spacial score (nSPS) is 15.5. The number of rotatable bonds is 5. The molecule has 98 valence electrons. The summed E-state index contributed by atoms with van der Waals surface area (Å²) in [7, 11) is 1.99. The number of aryl methyl sites for hydroxylation is 1. The highest BCUT2D eigenvalue weighted by atomic mass is 16.2. The van der Waals surface area contributed by atoms with Crippen molar-refractivity contribution in [3.05, 3.63) is 29.8 Å². The minimum absolute atomic E-state index is 0.0534. The van der Waals surface area contributed by atoms with Crippen LogP contribution in [0.3, 0.4) is 0 Å². The molecule has 0 atom stereocenters. The van der Waals surface area contributed by atoms with E-state index in [0.29, 0.717) is 12.6 Å². The van der Waals surface area contributed by atoms with Gasteiger partial charge < -0.3 is 10.6 Å². The largest absolute Gasteiger partial charge is 0.325 e. The maximum atomic E-state index is 11.9. The zero-order valence-electron chi connectivity index (χ0n) is 11.1. The van der Waals surface area contributed by atoms with Gasteiger partial charge in [-0.1, -0.05) is 19.1 Å². The third kappa shape index (κ3) is 3.31. The van der Waals surface area contributed by atoms with Crippen LogP contribution in [0.5, 0.6) is 0 Å². The van der Waals surface area contributed by atoms with Crippen LogP contribution in [0.2, 0.25) is 0 Å². The Kier molecular flexibility index (Phi) is 4.33. The van der Waals surface area contributed by atoms with Crippen LogP contribution in [0.1, 0.15) is 12.5 Å². The Bertz CT molecular complexity index is 415. The predicted molar refractivity (Wildman–Crippen MR) is 73.7 cm³/mol. The fourth-order valence-electron chi connectivity index (χ4n) is 2.01. The Morgan fingerprint density at radius 2 is 2.28 bits per heavy atom. The Labute approximate surface area is 108 Å². The lowest BCUT2D eigenvalue weighted by Crippen LogP contribution is -2.57. The number of nitrogens with zero attached hydrogens (tertiary/aromatic N) is 1. The number of likely N-dealkylation sites (N-methyl/N-ethyl adjacent to an activating group) is 1. The number of amides is 1. The Hall–Kier alpha value is -1.39. The summed E-state index contributed by atoms with van der Waals surface area (Å²) in [6.07, 6.45) is 0.983. The van der Waals surface area contributed by atoms with Gasteiger partial charge in [0.1, 0.15) is 0 Å². The van der Waals surface area contributed by atoms with E-state index in [-0.39, 0.29) is 5.91 Å². The fourth-order valence-corrected chi connectivity index (χ4v) is 2.01. The van der Waals surface area contributed by atoms with Crippen molar-refractivity contribution in [1.82, 2.24) is 10.2 Å². The molecule has 2 rings (SSSR count). The lowest BCUT2D eigenvalue weighted by molar-refractivity contribution is -0.117. The van der Waals surface area contributed by atoms with Crippen molar-refractivity contribution in [2.45, 2.75) is 19.4 Å². The first-order valence-electron chi connectivity index (χ1n) is 6.48. The summed E-state index contributed by atoms with van der Waals surface area (Å²) in [4.78, 5) is 14.0. The lowest BCUT2D eigenvalue weighted by atomic mass is 10.1. The maximum absolute atomic E-state index is 11.9. The third-order valence-corrected chi connectivity index (χ3v) is 3.40. The number of carbonyl (C=O) groups excluding carboxylic acids is 1. The molecule has 1 aromatic rings. The zero-order valence-corrected chi connectivity index (χ0v) is 11.1. The number of anilines is 1. The van der Waals surface area contributed by atoms with E-state index in [0.717, 1.165) is 25.2 Å². The van der Waals surface area contributed by atoms with Gasteiger partial charge in [0.25, 0.3) is 0 Å². The highest BCUT2D eigenvalue weighted by Gasteiger charge is 2.22. The van der Waals surface area contributed by atoms with E-state index in [4.69, 9.17) is 0 Å². The standard InChI is InChI=1S/C14H21N3O/c1-3-11-5-4-6-12(7-11)16-14(18)10-17(2)13-8-15-9-13/h4-7,13,15H,3,8-10H2,1-2H3,(H,16,18). The molecular formula is C14H21N3O. The molecule has 1 aromatic carbocycles. The summed E-state index contributed by atoms with van der Waals surface area (Å²) in [6.45, 7) is 4.52. The van der Waals surface area contributed by atoms with E-state index < -0.39 is 0 Å². The van der Waals surface area contributed by atoms with Crippen molar-refractivity contribution in [1.29, 1.82) is 0 Å². The molecule has 1 saturated heterocycles. The number of hydrogen-bond acceptors (Lipinski definition) is 3. The Morgan fingerprint density at radius 3 is 2.89 bits per heavy atom. The minimum atomic E-state index is 0.0534. The van der Waals surface area contributed by atoms with Gasteiger partial charge in [-0.05, 0) is 31.2 Å². The van der Waals surface area contributed by atoms with Gasteiger partial charge in [0, 0.05) is 24.8 Å². The summed E-state index contributed by atoms with van der Waals surface area (Å²) < 4.78 is 0. The second-order valence-corrected chi connectivity index (χ2v) is 4.83. The predicted octanol–water partition coefficient (Wildman–Crippen LogP) is 1.09. The van der Waals surface area contributed by atoms with Gasteiger partial charge in [-0.15, -0.1) is 0 Å². The molecule has 0 unspecified atom stereocenters. The molecule has 1 fully saturated rings. The zero-order chi connectivity index (χ0) is 13.0. The molecule has 0 spiro atoms. The van der Waals surface area contributed by atoms with E-state index in [1.54, 1.807) is 0 Å². The topological polar surface area (TPSA) is 44.4 Å². The van der Waals surface area contributed by atoms with Crippen LogP contribution < -0.4 is 10.6 Å². The molecule has 0 aromatic heterocycles. The molecule has 1 aliphatic heterocycles. The number of carbonyl (C=O) groups is 1. The fraction of sp³-hybridized carbons (Fsp3) is 0.500. The van der Waals surface area contributed by atoms with Crippen LogP contribution in [0.4, 0.5) is 5.69 Å². The van der Waals surface area contributed by atoms with Gasteiger partial charge in [-0.25, -0.2) is 0 Å². The van der Waals surface area contributed by atoms with Crippen LogP contribution in [-0.4, -0.2) is 43.5 Å². The van der Waals surface area contributed by atoms with Gasteiger partial charge in [0.2, 0.25) is 5.91 Å². The highest BCUT2D eigenvalue weighted by Crippen LogP contribution is 2.11. The Morgan fingerprint density at radius 1 is 1.50 bits per heavy atom. The first-order chi connectivity index (χ1) is 8.69. The molecule has 4 nitrogen and oxygen atoms in total. The molecule has 18 heavy (non-hydrogen) atoms. The van der Waals surface area contributed by atoms with Crippen LogP contribution >= 0.6 is 0 Å². The van der Waals surface area contributed by atoms with E-state index in [1.165, 1.54) is 5.56 Å². The van der Waals surface area contributed by atoms with Gasteiger partial charge in [0.15, 0.2) is 0 Å². The van der Waals surface area contributed by atoms with Gasteiger partial charge in [-0.2, -0.15) is 0 Å². The molecule has 1 amide bonds. The summed E-state index contributed by atoms with van der Waals surface area (Å²) in [6, 6.07) is 8.51. The molecule has 2 N–H and O–H groups in total. The number of benzene rings is 1. The molecule has 4 heteroatoms. The van der Waals surface area contributed by atoms with Crippen molar-refractivity contribution < 1.29 is 4.79 Å². The molecule has 0 saturated carbocycles. The SMILES string of the molecule is CCc1cccc(NC(=O)CN(C)C2CNC2)c1. The van der Waals surface area contributed by atoms with Gasteiger partial charge in [-0.3, -0.25) is 9.69 Å². The first kappa shape index (κ1) is 13.1. The molecular weight excluding hydrogens is 226 g/mol. The third-order valence-electron chi connectivity index (χ3n) is 3.40.